The van der Waals surface area contributed by atoms with Gasteiger partial charge in [0, 0.05) is 26.2 Å². The second kappa shape index (κ2) is 13.1. The van der Waals surface area contributed by atoms with Gasteiger partial charge in [-0.25, -0.2) is 9.59 Å². The molecule has 0 aromatic heterocycles. The molecule has 1 saturated heterocycles. The van der Waals surface area contributed by atoms with Crippen molar-refractivity contribution in [1.29, 1.82) is 0 Å². The van der Waals surface area contributed by atoms with Gasteiger partial charge in [0.15, 0.2) is 0 Å². The molecule has 0 saturated carbocycles. The van der Waals surface area contributed by atoms with Gasteiger partial charge in [-0.05, 0) is 42.6 Å². The number of aryl methyl sites for hydroxylation is 1. The second-order valence-electron chi connectivity index (χ2n) is 7.45. The van der Waals surface area contributed by atoms with E-state index >= 15 is 0 Å². The molecule has 0 unspecified atom stereocenters. The van der Waals surface area contributed by atoms with E-state index in [-0.39, 0.29) is 5.91 Å². The Kier molecular flexibility index (Phi) is 10.2. The van der Waals surface area contributed by atoms with Crippen LogP contribution in [0.3, 0.4) is 0 Å². The number of carbonyl (C=O) groups excluding carboxylic acids is 1. The number of hydrogen-bond donors (Lipinski definition) is 2. The smallest absolute Gasteiger partial charge is 0.414 e. The van der Waals surface area contributed by atoms with Crippen molar-refractivity contribution in [2.75, 3.05) is 39.8 Å². The van der Waals surface area contributed by atoms with E-state index in [1.807, 2.05) is 29.2 Å². The molecule has 1 heterocycles. The number of ether oxygens (including phenoxy) is 1. The van der Waals surface area contributed by atoms with Crippen LogP contribution in [-0.4, -0.2) is 77.7 Å². The normalized spacial score (nSPS) is 13.6. The molecule has 1 amide bonds. The molecule has 1 aliphatic heterocycles. The summed E-state index contributed by atoms with van der Waals surface area (Å²) in [5, 5.41) is 14.8. The summed E-state index contributed by atoms with van der Waals surface area (Å²) in [7, 11) is 1.65. The maximum absolute atomic E-state index is 12.5. The average Bonchev–Trinajstić information content (AvgIpc) is 2.80. The lowest BCUT2D eigenvalue weighted by atomic mass is 10.1. The Bertz CT molecular complexity index is 867. The number of carbonyl (C=O) groups is 3. The Labute approximate surface area is 188 Å². The molecule has 2 aromatic carbocycles. The average molecular weight is 443 g/mol. The zero-order valence-corrected chi connectivity index (χ0v) is 18.3. The maximum Gasteiger partial charge on any atom is 0.414 e. The van der Waals surface area contributed by atoms with Crippen molar-refractivity contribution >= 4 is 17.8 Å². The summed E-state index contributed by atoms with van der Waals surface area (Å²) in [5.41, 5.74) is 2.42. The molecule has 172 valence electrons. The van der Waals surface area contributed by atoms with Gasteiger partial charge in [-0.2, -0.15) is 0 Å². The predicted molar refractivity (Wildman–Crippen MR) is 120 cm³/mol. The summed E-state index contributed by atoms with van der Waals surface area (Å²) in [6.45, 7) is 4.70. The Balaban J connectivity index is 0.000000534. The fraction of sp³-hybridized carbons (Fsp3) is 0.375. The molecule has 3 rings (SSSR count). The lowest BCUT2D eigenvalue weighted by Gasteiger charge is -2.34. The zero-order valence-electron chi connectivity index (χ0n) is 18.3. The van der Waals surface area contributed by atoms with E-state index in [9.17, 15) is 4.79 Å². The highest BCUT2D eigenvalue weighted by Gasteiger charge is 2.20. The van der Waals surface area contributed by atoms with Gasteiger partial charge in [0.05, 0.1) is 13.5 Å². The SMILES string of the molecule is COc1cccc(CC(=O)N2CCN(CCCc3ccccc3)CC2)c1.O=C(O)C(=O)O. The molecule has 0 atom stereocenters. The Hall–Kier alpha value is -3.39. The van der Waals surface area contributed by atoms with Gasteiger partial charge in [-0.3, -0.25) is 9.69 Å². The second-order valence-corrected chi connectivity index (χ2v) is 7.45. The highest BCUT2D eigenvalue weighted by atomic mass is 16.5. The molecular formula is C24H30N2O6. The first kappa shape index (κ1) is 24.9. The largest absolute Gasteiger partial charge is 0.497 e. The van der Waals surface area contributed by atoms with Gasteiger partial charge < -0.3 is 19.8 Å². The number of carboxylic acid groups (broad SMARTS) is 2. The Morgan fingerprint density at radius 2 is 1.50 bits per heavy atom. The van der Waals surface area contributed by atoms with Crippen LogP contribution in [-0.2, 0) is 27.2 Å². The lowest BCUT2D eigenvalue weighted by Crippen LogP contribution is -2.49. The van der Waals surface area contributed by atoms with Crippen molar-refractivity contribution in [3.8, 4) is 5.75 Å². The molecule has 0 spiro atoms. The summed E-state index contributed by atoms with van der Waals surface area (Å²) in [6, 6.07) is 18.4. The van der Waals surface area contributed by atoms with Crippen molar-refractivity contribution in [2.45, 2.75) is 19.3 Å². The molecular weight excluding hydrogens is 412 g/mol. The molecule has 8 heteroatoms. The first-order valence-corrected chi connectivity index (χ1v) is 10.5. The van der Waals surface area contributed by atoms with E-state index in [0.717, 1.165) is 50.5 Å². The number of nitrogens with zero attached hydrogens (tertiary/aromatic N) is 2. The van der Waals surface area contributed by atoms with Crippen molar-refractivity contribution in [2.24, 2.45) is 0 Å². The summed E-state index contributed by atoms with van der Waals surface area (Å²) in [5.74, 6) is -2.63. The maximum atomic E-state index is 12.5. The minimum absolute atomic E-state index is 0.210. The van der Waals surface area contributed by atoms with Gasteiger partial charge in [-0.1, -0.05) is 42.5 Å². The van der Waals surface area contributed by atoms with E-state index in [1.54, 1.807) is 7.11 Å². The quantitative estimate of drug-likeness (QED) is 0.633. The minimum atomic E-state index is -1.82. The summed E-state index contributed by atoms with van der Waals surface area (Å²) in [4.78, 5) is 35.2. The molecule has 2 N–H and O–H groups in total. The van der Waals surface area contributed by atoms with E-state index in [0.29, 0.717) is 6.42 Å². The molecule has 2 aromatic rings. The van der Waals surface area contributed by atoms with Crippen molar-refractivity contribution in [3.05, 3.63) is 65.7 Å². The van der Waals surface area contributed by atoms with Crippen LogP contribution in [0.25, 0.3) is 0 Å². The molecule has 0 radical (unpaired) electrons. The van der Waals surface area contributed by atoms with Gasteiger partial charge in [0.1, 0.15) is 5.75 Å². The van der Waals surface area contributed by atoms with Crippen LogP contribution in [0.4, 0.5) is 0 Å². The van der Waals surface area contributed by atoms with Crippen molar-refractivity contribution < 1.29 is 29.3 Å². The number of carboxylic acids is 2. The third-order valence-corrected chi connectivity index (χ3v) is 5.18. The van der Waals surface area contributed by atoms with Crippen LogP contribution >= 0.6 is 0 Å². The highest BCUT2D eigenvalue weighted by Crippen LogP contribution is 2.14. The van der Waals surface area contributed by atoms with E-state index in [4.69, 9.17) is 24.5 Å². The van der Waals surface area contributed by atoms with Gasteiger partial charge in [-0.15, -0.1) is 0 Å². The molecule has 1 fully saturated rings. The predicted octanol–water partition coefficient (Wildman–Crippen LogP) is 2.17. The number of methoxy groups -OCH3 is 1. The van der Waals surface area contributed by atoms with Gasteiger partial charge in [0.25, 0.3) is 0 Å². The topological polar surface area (TPSA) is 107 Å². The molecule has 0 aliphatic carbocycles. The molecule has 1 aliphatic rings. The third kappa shape index (κ3) is 8.77. The van der Waals surface area contributed by atoms with Crippen LogP contribution in [0.1, 0.15) is 17.5 Å². The standard InChI is InChI=1S/C22H28N2O2.C2H2O4/c1-26-21-11-5-9-20(17-21)18-22(25)24-15-13-23(14-16-24)12-6-10-19-7-3-2-4-8-19;3-1(4)2(5)6/h2-5,7-9,11,17H,6,10,12-16,18H2,1H3;(H,3,4)(H,5,6). The van der Waals surface area contributed by atoms with Crippen LogP contribution in [0.2, 0.25) is 0 Å². The van der Waals surface area contributed by atoms with E-state index in [1.165, 1.54) is 12.0 Å². The lowest BCUT2D eigenvalue weighted by molar-refractivity contribution is -0.159. The monoisotopic (exact) mass is 442 g/mol. The minimum Gasteiger partial charge on any atom is -0.497 e. The molecule has 32 heavy (non-hydrogen) atoms. The number of piperazine rings is 1. The van der Waals surface area contributed by atoms with E-state index < -0.39 is 11.9 Å². The zero-order chi connectivity index (χ0) is 23.3. The first-order valence-electron chi connectivity index (χ1n) is 10.5. The molecule has 0 bridgehead atoms. The Morgan fingerprint density at radius 3 is 2.09 bits per heavy atom. The number of hydrogen-bond acceptors (Lipinski definition) is 5. The number of amides is 1. The molecule has 8 nitrogen and oxygen atoms in total. The fourth-order valence-corrected chi connectivity index (χ4v) is 3.44. The van der Waals surface area contributed by atoms with Crippen LogP contribution < -0.4 is 4.74 Å². The first-order chi connectivity index (χ1) is 15.4. The van der Waals surface area contributed by atoms with E-state index in [2.05, 4.69) is 35.2 Å². The van der Waals surface area contributed by atoms with Crippen molar-refractivity contribution in [3.63, 3.8) is 0 Å². The Morgan fingerprint density at radius 1 is 0.875 bits per heavy atom. The number of rotatable bonds is 7. The van der Waals surface area contributed by atoms with Crippen molar-refractivity contribution in [1.82, 2.24) is 9.80 Å². The number of benzene rings is 2. The highest BCUT2D eigenvalue weighted by molar-refractivity contribution is 6.27. The summed E-state index contributed by atoms with van der Waals surface area (Å²) < 4.78 is 5.23. The number of aliphatic carboxylic acids is 2. The van der Waals surface area contributed by atoms with Gasteiger partial charge >= 0.3 is 11.9 Å². The summed E-state index contributed by atoms with van der Waals surface area (Å²) >= 11 is 0. The van der Waals surface area contributed by atoms with Gasteiger partial charge in [0.2, 0.25) is 5.91 Å². The van der Waals surface area contributed by atoms with Crippen LogP contribution in [0.5, 0.6) is 5.75 Å². The summed E-state index contributed by atoms with van der Waals surface area (Å²) in [6.07, 6.45) is 2.74. The fourth-order valence-electron chi connectivity index (χ4n) is 3.44. The third-order valence-electron chi connectivity index (χ3n) is 5.18. The van der Waals surface area contributed by atoms with Crippen LogP contribution in [0, 0.1) is 0 Å². The van der Waals surface area contributed by atoms with Crippen LogP contribution in [0.15, 0.2) is 54.6 Å².